The molecular formula is C17H23Cl2N5O2. The molecule has 7 nitrogen and oxygen atoms in total. The molecule has 2 aromatic heterocycles. The van der Waals surface area contributed by atoms with Crippen LogP contribution in [0.3, 0.4) is 0 Å². The molecule has 1 aliphatic heterocycles. The molecule has 1 aliphatic rings. The Bertz CT molecular complexity index is 797. The molecule has 0 aliphatic carbocycles. The number of carbonyl (C=O) groups is 1. The quantitative estimate of drug-likeness (QED) is 0.812. The number of pyridine rings is 1. The van der Waals surface area contributed by atoms with E-state index in [0.29, 0.717) is 23.6 Å². The average molecular weight is 400 g/mol. The molecule has 2 N–H and O–H groups in total. The van der Waals surface area contributed by atoms with Crippen LogP contribution in [-0.2, 0) is 11.2 Å². The van der Waals surface area contributed by atoms with Gasteiger partial charge >= 0.3 is 0 Å². The Morgan fingerprint density at radius 2 is 2.15 bits per heavy atom. The van der Waals surface area contributed by atoms with E-state index >= 15 is 0 Å². The fourth-order valence-corrected chi connectivity index (χ4v) is 2.92. The number of hydrogen-bond donors (Lipinski definition) is 2. The minimum atomic E-state index is -0.266. The molecule has 0 bridgehead atoms. The van der Waals surface area contributed by atoms with Gasteiger partial charge in [-0.2, -0.15) is 0 Å². The maximum atomic E-state index is 12.5. The van der Waals surface area contributed by atoms with Gasteiger partial charge in [-0.25, -0.2) is 4.98 Å². The standard InChI is InChI=1S/C17H21N5O2.2ClH/c1-11-9-19-6-7-22(11)15(23)8-14-12(2)20-16(21-17(14)24)13-4-3-5-18-10-13;;/h3-5,10-11,19H,6-9H2,1-2H3,(H,20,21,24);2*1H/t11-;;/m1../s1. The lowest BCUT2D eigenvalue weighted by Gasteiger charge is -2.34. The molecule has 2 aromatic rings. The van der Waals surface area contributed by atoms with E-state index in [9.17, 15) is 9.59 Å². The molecule has 26 heavy (non-hydrogen) atoms. The van der Waals surface area contributed by atoms with E-state index in [1.807, 2.05) is 17.9 Å². The zero-order valence-electron chi connectivity index (χ0n) is 14.7. The van der Waals surface area contributed by atoms with Gasteiger partial charge in [0.05, 0.1) is 6.42 Å². The summed E-state index contributed by atoms with van der Waals surface area (Å²) in [7, 11) is 0. The summed E-state index contributed by atoms with van der Waals surface area (Å²) < 4.78 is 0. The first kappa shape index (κ1) is 22.1. The summed E-state index contributed by atoms with van der Waals surface area (Å²) in [6.45, 7) is 5.99. The minimum Gasteiger partial charge on any atom is -0.337 e. The first-order chi connectivity index (χ1) is 11.6. The predicted octanol–water partition coefficient (Wildman–Crippen LogP) is 1.35. The second kappa shape index (κ2) is 9.66. The van der Waals surface area contributed by atoms with Crippen LogP contribution < -0.4 is 10.9 Å². The lowest BCUT2D eigenvalue weighted by atomic mass is 10.1. The normalized spacial score (nSPS) is 16.4. The van der Waals surface area contributed by atoms with Crippen molar-refractivity contribution < 1.29 is 4.79 Å². The zero-order valence-corrected chi connectivity index (χ0v) is 16.3. The van der Waals surface area contributed by atoms with Crippen molar-refractivity contribution in [2.45, 2.75) is 26.3 Å². The summed E-state index contributed by atoms with van der Waals surface area (Å²) >= 11 is 0. The maximum Gasteiger partial charge on any atom is 0.255 e. The van der Waals surface area contributed by atoms with Gasteiger partial charge in [-0.1, -0.05) is 0 Å². The Labute approximate surface area is 164 Å². The number of aromatic amines is 1. The van der Waals surface area contributed by atoms with Crippen molar-refractivity contribution in [2.75, 3.05) is 19.6 Å². The summed E-state index contributed by atoms with van der Waals surface area (Å²) in [5.74, 6) is 0.436. The second-order valence-electron chi connectivity index (χ2n) is 6.04. The average Bonchev–Trinajstić information content (AvgIpc) is 2.59. The molecule has 9 heteroatoms. The molecule has 1 fully saturated rings. The minimum absolute atomic E-state index is 0. The third-order valence-corrected chi connectivity index (χ3v) is 4.31. The number of piperazine rings is 1. The topological polar surface area (TPSA) is 91.0 Å². The highest BCUT2D eigenvalue weighted by atomic mass is 35.5. The van der Waals surface area contributed by atoms with Gasteiger partial charge in [0.25, 0.3) is 5.56 Å². The van der Waals surface area contributed by atoms with Gasteiger partial charge < -0.3 is 15.2 Å². The third kappa shape index (κ3) is 4.81. The number of H-pyrrole nitrogens is 1. The van der Waals surface area contributed by atoms with Crippen LogP contribution in [0.25, 0.3) is 11.4 Å². The van der Waals surface area contributed by atoms with Crippen LogP contribution >= 0.6 is 24.8 Å². The molecule has 1 atom stereocenters. The summed E-state index contributed by atoms with van der Waals surface area (Å²) in [5.41, 5.74) is 1.48. The highest BCUT2D eigenvalue weighted by Crippen LogP contribution is 2.14. The first-order valence-electron chi connectivity index (χ1n) is 8.06. The van der Waals surface area contributed by atoms with Crippen molar-refractivity contribution in [1.82, 2.24) is 25.2 Å². The Kier molecular flexibility index (Phi) is 8.20. The highest BCUT2D eigenvalue weighted by Gasteiger charge is 2.24. The molecule has 0 spiro atoms. The van der Waals surface area contributed by atoms with Crippen molar-refractivity contribution in [3.05, 3.63) is 46.1 Å². The predicted molar refractivity (Wildman–Crippen MR) is 105 cm³/mol. The summed E-state index contributed by atoms with van der Waals surface area (Å²) in [4.78, 5) is 38.0. The molecule has 1 saturated heterocycles. The van der Waals surface area contributed by atoms with Crippen molar-refractivity contribution >= 4 is 30.7 Å². The van der Waals surface area contributed by atoms with E-state index in [0.717, 1.165) is 18.7 Å². The third-order valence-electron chi connectivity index (χ3n) is 4.31. The number of rotatable bonds is 3. The van der Waals surface area contributed by atoms with Crippen LogP contribution in [0.1, 0.15) is 18.2 Å². The molecule has 142 valence electrons. The highest BCUT2D eigenvalue weighted by molar-refractivity contribution is 5.85. The van der Waals surface area contributed by atoms with Crippen molar-refractivity contribution in [3.63, 3.8) is 0 Å². The Morgan fingerprint density at radius 1 is 1.38 bits per heavy atom. The van der Waals surface area contributed by atoms with Gasteiger partial charge in [0.2, 0.25) is 5.91 Å². The fourth-order valence-electron chi connectivity index (χ4n) is 2.92. The second-order valence-corrected chi connectivity index (χ2v) is 6.04. The Hall–Kier alpha value is -1.96. The number of aryl methyl sites for hydroxylation is 1. The van der Waals surface area contributed by atoms with Crippen LogP contribution in [0.15, 0.2) is 29.3 Å². The largest absolute Gasteiger partial charge is 0.337 e. The van der Waals surface area contributed by atoms with E-state index < -0.39 is 0 Å². The SMILES string of the molecule is Cc1nc(-c2cccnc2)[nH]c(=O)c1CC(=O)N1CCNC[C@H]1C.Cl.Cl. The number of carbonyl (C=O) groups excluding carboxylic acids is 1. The van der Waals surface area contributed by atoms with Gasteiger partial charge in [0, 0.05) is 54.9 Å². The molecule has 0 aromatic carbocycles. The van der Waals surface area contributed by atoms with E-state index in [4.69, 9.17) is 0 Å². The van der Waals surface area contributed by atoms with Crippen molar-refractivity contribution in [1.29, 1.82) is 0 Å². The fraction of sp³-hybridized carbons (Fsp3) is 0.412. The van der Waals surface area contributed by atoms with Gasteiger partial charge in [0.15, 0.2) is 0 Å². The molecule has 1 amide bonds. The summed E-state index contributed by atoms with van der Waals surface area (Å²) in [6.07, 6.45) is 3.38. The van der Waals surface area contributed by atoms with E-state index in [-0.39, 0.29) is 48.7 Å². The lowest BCUT2D eigenvalue weighted by molar-refractivity contribution is -0.133. The van der Waals surface area contributed by atoms with E-state index in [1.165, 1.54) is 0 Å². The van der Waals surface area contributed by atoms with Gasteiger partial charge in [0.1, 0.15) is 5.82 Å². The summed E-state index contributed by atoms with van der Waals surface area (Å²) in [6, 6.07) is 3.75. The van der Waals surface area contributed by atoms with Crippen molar-refractivity contribution in [3.8, 4) is 11.4 Å². The Morgan fingerprint density at radius 3 is 2.77 bits per heavy atom. The lowest BCUT2D eigenvalue weighted by Crippen LogP contribution is -2.52. The molecule has 3 rings (SSSR count). The summed E-state index contributed by atoms with van der Waals surface area (Å²) in [5, 5.41) is 3.25. The smallest absolute Gasteiger partial charge is 0.255 e. The number of halogens is 2. The molecule has 3 heterocycles. The molecular weight excluding hydrogens is 377 g/mol. The van der Waals surface area contributed by atoms with Crippen LogP contribution in [0.2, 0.25) is 0 Å². The van der Waals surface area contributed by atoms with Gasteiger partial charge in [-0.15, -0.1) is 24.8 Å². The van der Waals surface area contributed by atoms with Crippen molar-refractivity contribution in [2.24, 2.45) is 0 Å². The Balaban J connectivity index is 0.00000169. The van der Waals surface area contributed by atoms with Gasteiger partial charge in [-0.3, -0.25) is 14.6 Å². The number of aromatic nitrogens is 3. The van der Waals surface area contributed by atoms with E-state index in [2.05, 4.69) is 20.3 Å². The number of nitrogens with zero attached hydrogens (tertiary/aromatic N) is 3. The van der Waals surface area contributed by atoms with Crippen LogP contribution in [-0.4, -0.2) is 51.4 Å². The number of nitrogens with one attached hydrogen (secondary N) is 2. The van der Waals surface area contributed by atoms with Gasteiger partial charge in [-0.05, 0) is 26.0 Å². The van der Waals surface area contributed by atoms with Crippen LogP contribution in [0, 0.1) is 6.92 Å². The number of hydrogen-bond acceptors (Lipinski definition) is 5. The zero-order chi connectivity index (χ0) is 17.1. The first-order valence-corrected chi connectivity index (χ1v) is 8.06. The maximum absolute atomic E-state index is 12.5. The molecule has 0 unspecified atom stereocenters. The van der Waals surface area contributed by atoms with E-state index in [1.54, 1.807) is 25.4 Å². The van der Waals surface area contributed by atoms with Crippen LogP contribution in [0.5, 0.6) is 0 Å². The monoisotopic (exact) mass is 399 g/mol. The molecule has 0 saturated carbocycles. The van der Waals surface area contributed by atoms with Crippen LogP contribution in [0.4, 0.5) is 0 Å². The number of amides is 1. The molecule has 0 radical (unpaired) electrons.